The van der Waals surface area contributed by atoms with Gasteiger partial charge in [0.2, 0.25) is 0 Å². The van der Waals surface area contributed by atoms with E-state index in [1.54, 1.807) is 43.4 Å². The first kappa shape index (κ1) is 29.8. The molecule has 41 heavy (non-hydrogen) atoms. The topological polar surface area (TPSA) is 82.9 Å². The minimum atomic E-state index is -2.83. The number of alkyl halides is 2. The first-order valence-electron chi connectivity index (χ1n) is 12.1. The maximum atomic E-state index is 13.8. The average Bonchev–Trinajstić information content (AvgIpc) is 2.97. The van der Waals surface area contributed by atoms with E-state index in [1.165, 1.54) is 0 Å². The van der Waals surface area contributed by atoms with Crippen LogP contribution in [0.3, 0.4) is 0 Å². The van der Waals surface area contributed by atoms with Gasteiger partial charge >= 0.3 is 5.97 Å². The Kier molecular flexibility index (Phi) is 9.46. The molecule has 12 heteroatoms. The van der Waals surface area contributed by atoms with Gasteiger partial charge in [0.1, 0.15) is 17.8 Å². The van der Waals surface area contributed by atoms with Crippen LogP contribution in [0.25, 0.3) is 5.69 Å². The number of carbonyl (C=O) groups is 1. The van der Waals surface area contributed by atoms with Crippen LogP contribution in [-0.2, 0) is 17.8 Å². The van der Waals surface area contributed by atoms with E-state index >= 15 is 0 Å². The zero-order valence-corrected chi connectivity index (χ0v) is 23.7. The van der Waals surface area contributed by atoms with Crippen molar-refractivity contribution < 1.29 is 27.8 Å². The summed E-state index contributed by atoms with van der Waals surface area (Å²) in [4.78, 5) is 33.0. The van der Waals surface area contributed by atoms with Gasteiger partial charge in [0.15, 0.2) is 11.4 Å². The maximum absolute atomic E-state index is 13.8. The SMILES string of the molecule is COC(=O)c1c(N(Cc2ccc(OC)cc2)Cc2ccc(OC)cc2)ncn(-c2c(Cl)cc(C(F)F)cc2Cl)c1=O. The molecule has 4 aromatic rings. The van der Waals surface area contributed by atoms with Crippen molar-refractivity contribution in [2.45, 2.75) is 19.5 Å². The second-order valence-corrected chi connectivity index (χ2v) is 9.61. The lowest BCUT2D eigenvalue weighted by atomic mass is 10.1. The van der Waals surface area contributed by atoms with Gasteiger partial charge in [-0.3, -0.25) is 9.36 Å². The second-order valence-electron chi connectivity index (χ2n) is 8.80. The van der Waals surface area contributed by atoms with Crippen molar-refractivity contribution >= 4 is 35.0 Å². The Balaban J connectivity index is 1.86. The molecule has 0 atom stereocenters. The van der Waals surface area contributed by atoms with Gasteiger partial charge in [-0.15, -0.1) is 0 Å². The Morgan fingerprint density at radius 3 is 1.80 bits per heavy atom. The molecule has 0 aliphatic rings. The van der Waals surface area contributed by atoms with Crippen LogP contribution in [0.4, 0.5) is 14.6 Å². The average molecular weight is 604 g/mol. The summed E-state index contributed by atoms with van der Waals surface area (Å²) in [5, 5.41) is -0.429. The van der Waals surface area contributed by atoms with Crippen LogP contribution >= 0.6 is 23.2 Å². The van der Waals surface area contributed by atoms with Gasteiger partial charge in [0.25, 0.3) is 12.0 Å². The largest absolute Gasteiger partial charge is 0.497 e. The monoisotopic (exact) mass is 603 g/mol. The van der Waals surface area contributed by atoms with E-state index in [1.807, 2.05) is 24.3 Å². The lowest BCUT2D eigenvalue weighted by molar-refractivity contribution is 0.0598. The number of carbonyl (C=O) groups excluding carboxylic acids is 1. The summed E-state index contributed by atoms with van der Waals surface area (Å²) in [5.41, 5.74) is -0.0555. The Bertz CT molecular complexity index is 1520. The van der Waals surface area contributed by atoms with Crippen LogP contribution < -0.4 is 19.9 Å². The van der Waals surface area contributed by atoms with Gasteiger partial charge in [0.05, 0.1) is 37.1 Å². The molecular formula is C29H25Cl2F2N3O5. The van der Waals surface area contributed by atoms with Gasteiger partial charge in [-0.05, 0) is 47.5 Å². The highest BCUT2D eigenvalue weighted by Crippen LogP contribution is 2.34. The molecule has 214 valence electrons. The van der Waals surface area contributed by atoms with Crippen LogP contribution in [0.15, 0.2) is 71.8 Å². The Morgan fingerprint density at radius 2 is 1.39 bits per heavy atom. The van der Waals surface area contributed by atoms with Crippen LogP contribution in [0, 0.1) is 0 Å². The molecule has 0 fully saturated rings. The van der Waals surface area contributed by atoms with Crippen LogP contribution in [-0.4, -0.2) is 36.8 Å². The van der Waals surface area contributed by atoms with Crippen molar-refractivity contribution in [2.75, 3.05) is 26.2 Å². The molecule has 0 saturated carbocycles. The van der Waals surface area contributed by atoms with Crippen molar-refractivity contribution in [1.82, 2.24) is 9.55 Å². The third kappa shape index (κ3) is 6.61. The quantitative estimate of drug-likeness (QED) is 0.192. The van der Waals surface area contributed by atoms with Gasteiger partial charge in [-0.25, -0.2) is 18.6 Å². The highest BCUT2D eigenvalue weighted by molar-refractivity contribution is 6.37. The molecule has 8 nitrogen and oxygen atoms in total. The number of ether oxygens (including phenoxy) is 3. The zero-order valence-electron chi connectivity index (χ0n) is 22.2. The number of nitrogens with zero attached hydrogens (tertiary/aromatic N) is 3. The highest BCUT2D eigenvalue weighted by atomic mass is 35.5. The number of esters is 1. The predicted octanol–water partition coefficient (Wildman–Crippen LogP) is 6.49. The zero-order chi connectivity index (χ0) is 29.7. The summed E-state index contributed by atoms with van der Waals surface area (Å²) in [5.74, 6) is 0.426. The summed E-state index contributed by atoms with van der Waals surface area (Å²) in [6, 6.07) is 16.6. The van der Waals surface area contributed by atoms with E-state index in [4.69, 9.17) is 37.4 Å². The lowest BCUT2D eigenvalue weighted by Gasteiger charge is -2.26. The van der Waals surface area contributed by atoms with Gasteiger partial charge in [0, 0.05) is 18.7 Å². The molecule has 0 N–H and O–H groups in total. The van der Waals surface area contributed by atoms with E-state index < -0.39 is 23.5 Å². The summed E-state index contributed by atoms with van der Waals surface area (Å²) >= 11 is 12.5. The highest BCUT2D eigenvalue weighted by Gasteiger charge is 2.27. The molecule has 0 bridgehead atoms. The van der Waals surface area contributed by atoms with Gasteiger partial charge in [-0.1, -0.05) is 47.5 Å². The molecule has 0 aliphatic carbocycles. The predicted molar refractivity (Wildman–Crippen MR) is 152 cm³/mol. The summed E-state index contributed by atoms with van der Waals surface area (Å²) < 4.78 is 42.9. The van der Waals surface area contributed by atoms with Gasteiger partial charge in [-0.2, -0.15) is 0 Å². The minimum absolute atomic E-state index is 0.0428. The molecule has 0 amide bonds. The smallest absolute Gasteiger partial charge is 0.347 e. The van der Waals surface area contributed by atoms with E-state index in [-0.39, 0.29) is 40.2 Å². The number of methoxy groups -OCH3 is 3. The molecule has 1 aromatic heterocycles. The van der Waals surface area contributed by atoms with E-state index in [0.717, 1.165) is 41.3 Å². The maximum Gasteiger partial charge on any atom is 0.347 e. The Labute approximate surface area is 244 Å². The number of hydrogen-bond donors (Lipinski definition) is 0. The molecular weight excluding hydrogens is 579 g/mol. The summed E-state index contributed by atoms with van der Waals surface area (Å²) in [6.45, 7) is 0.502. The van der Waals surface area contributed by atoms with Crippen LogP contribution in [0.1, 0.15) is 33.5 Å². The van der Waals surface area contributed by atoms with E-state index in [2.05, 4.69) is 4.98 Å². The van der Waals surface area contributed by atoms with Crippen LogP contribution in [0.2, 0.25) is 10.0 Å². The molecule has 3 aromatic carbocycles. The molecule has 0 saturated heterocycles. The lowest BCUT2D eigenvalue weighted by Crippen LogP contribution is -2.33. The fraction of sp³-hybridized carbons (Fsp3) is 0.207. The molecule has 0 spiro atoms. The van der Waals surface area contributed by atoms with Crippen molar-refractivity contribution in [2.24, 2.45) is 0 Å². The van der Waals surface area contributed by atoms with E-state index in [0.29, 0.717) is 11.5 Å². The fourth-order valence-corrected chi connectivity index (χ4v) is 4.86. The first-order chi connectivity index (χ1) is 19.7. The standard InChI is InChI=1S/C29H25Cl2F2N3O5/c1-39-20-8-4-17(5-9-20)14-35(15-18-6-10-21(40-2)11-7-18)27-24(29(38)41-3)28(37)36(16-34-27)25-22(30)12-19(26(32)33)13-23(25)31/h4-13,16,26H,14-15H2,1-3H3. The van der Waals surface area contributed by atoms with E-state index in [9.17, 15) is 18.4 Å². The Morgan fingerprint density at radius 1 is 0.902 bits per heavy atom. The fourth-order valence-electron chi connectivity index (χ4n) is 4.17. The molecule has 0 unspecified atom stereocenters. The third-order valence-corrected chi connectivity index (χ3v) is 6.81. The minimum Gasteiger partial charge on any atom is -0.497 e. The number of rotatable bonds is 10. The normalized spacial score (nSPS) is 10.9. The third-order valence-electron chi connectivity index (χ3n) is 6.24. The molecule has 0 radical (unpaired) electrons. The molecule has 1 heterocycles. The second kappa shape index (κ2) is 13.0. The summed E-state index contributed by atoms with van der Waals surface area (Å²) in [6.07, 6.45) is -1.68. The number of halogens is 4. The number of aromatic nitrogens is 2. The van der Waals surface area contributed by atoms with Crippen molar-refractivity contribution in [1.29, 1.82) is 0 Å². The number of benzene rings is 3. The van der Waals surface area contributed by atoms with Crippen LogP contribution in [0.5, 0.6) is 11.5 Å². The molecule has 0 aliphatic heterocycles. The summed E-state index contributed by atoms with van der Waals surface area (Å²) in [7, 11) is 4.26. The first-order valence-corrected chi connectivity index (χ1v) is 12.9. The number of hydrogen-bond acceptors (Lipinski definition) is 7. The van der Waals surface area contributed by atoms with Crippen molar-refractivity contribution in [3.8, 4) is 17.2 Å². The Hall–Kier alpha value is -4.15. The molecule has 4 rings (SSSR count). The van der Waals surface area contributed by atoms with Crippen molar-refractivity contribution in [3.63, 3.8) is 0 Å². The number of anilines is 1. The van der Waals surface area contributed by atoms with Crippen molar-refractivity contribution in [3.05, 3.63) is 110 Å². The van der Waals surface area contributed by atoms with Gasteiger partial charge < -0.3 is 19.1 Å².